The van der Waals surface area contributed by atoms with Gasteiger partial charge in [0, 0.05) is 24.2 Å². The molecule has 8 heteroatoms. The predicted octanol–water partition coefficient (Wildman–Crippen LogP) is 2.85. The van der Waals surface area contributed by atoms with Crippen LogP contribution in [-0.4, -0.2) is 48.9 Å². The van der Waals surface area contributed by atoms with Gasteiger partial charge in [-0.1, -0.05) is 62.4 Å². The zero-order valence-corrected chi connectivity index (χ0v) is 18.6. The van der Waals surface area contributed by atoms with Gasteiger partial charge in [-0.15, -0.1) is 0 Å². The zero-order chi connectivity index (χ0) is 22.6. The molecule has 7 nitrogen and oxygen atoms in total. The highest BCUT2D eigenvalue weighted by molar-refractivity contribution is 7.89. The number of hydrogen-bond donors (Lipinski definition) is 1. The third-order valence-corrected chi connectivity index (χ3v) is 6.84. The molecule has 0 fully saturated rings. The lowest BCUT2D eigenvalue weighted by atomic mass is 10.0. The minimum absolute atomic E-state index is 0.0365. The molecule has 3 rings (SSSR count). The Labute approximate surface area is 183 Å². The topological polar surface area (TPSA) is 101 Å². The number of fused-ring (bicyclic) bond motifs is 1. The van der Waals surface area contributed by atoms with E-state index in [-0.39, 0.29) is 10.6 Å². The fourth-order valence-electron chi connectivity index (χ4n) is 3.82. The molecule has 0 radical (unpaired) electrons. The molecule has 1 aliphatic rings. The molecule has 31 heavy (non-hydrogen) atoms. The van der Waals surface area contributed by atoms with Crippen molar-refractivity contribution in [3.8, 4) is 0 Å². The van der Waals surface area contributed by atoms with Crippen LogP contribution in [0.5, 0.6) is 0 Å². The molecule has 1 aliphatic heterocycles. The number of Topliss-reactive ketones (excluding diaryl/α,β-unsaturated/α-hetero) is 1. The first-order valence-electron chi connectivity index (χ1n) is 10.3. The normalized spacial score (nSPS) is 14.8. The molecule has 0 bridgehead atoms. The fourth-order valence-corrected chi connectivity index (χ4v) is 5.46. The first kappa shape index (κ1) is 22.6. The highest BCUT2D eigenvalue weighted by Crippen LogP contribution is 2.39. The van der Waals surface area contributed by atoms with Gasteiger partial charge < -0.3 is 10.6 Å². The number of carbonyl (C=O) groups excluding carboxylic acids is 2. The quantitative estimate of drug-likeness (QED) is 0.603. The monoisotopic (exact) mass is 441 g/mol. The summed E-state index contributed by atoms with van der Waals surface area (Å²) in [5.74, 6) is -1.30. The van der Waals surface area contributed by atoms with Crippen molar-refractivity contribution in [3.63, 3.8) is 0 Å². The maximum absolute atomic E-state index is 13.7. The van der Waals surface area contributed by atoms with Crippen LogP contribution in [0.25, 0.3) is 5.70 Å². The van der Waals surface area contributed by atoms with E-state index in [1.807, 2.05) is 18.7 Å². The molecule has 2 N–H and O–H groups in total. The molecule has 1 heterocycles. The Hall–Kier alpha value is -3.13. The summed E-state index contributed by atoms with van der Waals surface area (Å²) in [6, 6.07) is 15.1. The Kier molecular flexibility index (Phi) is 6.80. The Bertz CT molecular complexity index is 1100. The van der Waals surface area contributed by atoms with Crippen LogP contribution in [0.4, 0.5) is 0 Å². The SMILES string of the molecule is CCCN(CCC)C1=C(C(=O)c2ccccc2)N(CC(N)=O)S(=O)(=O)c2ccccc21. The molecular weight excluding hydrogens is 414 g/mol. The summed E-state index contributed by atoms with van der Waals surface area (Å²) >= 11 is 0. The summed E-state index contributed by atoms with van der Waals surface area (Å²) in [6.45, 7) is 4.70. The number of nitrogens with zero attached hydrogens (tertiary/aromatic N) is 2. The molecule has 0 atom stereocenters. The highest BCUT2D eigenvalue weighted by atomic mass is 32.2. The molecule has 1 amide bonds. The number of amides is 1. The molecule has 0 unspecified atom stereocenters. The Balaban J connectivity index is 2.40. The van der Waals surface area contributed by atoms with Gasteiger partial charge in [0.15, 0.2) is 0 Å². The zero-order valence-electron chi connectivity index (χ0n) is 17.7. The van der Waals surface area contributed by atoms with E-state index in [1.54, 1.807) is 48.5 Å². The molecule has 0 saturated heterocycles. The van der Waals surface area contributed by atoms with Crippen molar-refractivity contribution in [2.45, 2.75) is 31.6 Å². The van der Waals surface area contributed by atoms with Crippen LogP contribution in [0.3, 0.4) is 0 Å². The van der Waals surface area contributed by atoms with Crippen LogP contribution >= 0.6 is 0 Å². The van der Waals surface area contributed by atoms with E-state index >= 15 is 0 Å². The number of rotatable bonds is 9. The number of ketones is 1. The van der Waals surface area contributed by atoms with Crippen LogP contribution in [0.1, 0.15) is 42.6 Å². The van der Waals surface area contributed by atoms with Crippen LogP contribution in [-0.2, 0) is 14.8 Å². The number of allylic oxidation sites excluding steroid dienone is 1. The first-order chi connectivity index (χ1) is 14.8. The lowest BCUT2D eigenvalue weighted by Crippen LogP contribution is -2.45. The van der Waals surface area contributed by atoms with Gasteiger partial charge in [-0.3, -0.25) is 13.9 Å². The molecule has 0 saturated carbocycles. The number of nitrogens with two attached hydrogens (primary N) is 1. The van der Waals surface area contributed by atoms with Crippen molar-refractivity contribution in [1.29, 1.82) is 0 Å². The van der Waals surface area contributed by atoms with Gasteiger partial charge in [0.05, 0.1) is 10.6 Å². The van der Waals surface area contributed by atoms with E-state index < -0.39 is 28.3 Å². The summed E-state index contributed by atoms with van der Waals surface area (Å²) in [6.07, 6.45) is 1.61. The summed E-state index contributed by atoms with van der Waals surface area (Å²) in [5, 5.41) is 0. The Morgan fingerprint density at radius 3 is 2.10 bits per heavy atom. The Morgan fingerprint density at radius 1 is 0.935 bits per heavy atom. The largest absolute Gasteiger partial charge is 0.369 e. The average Bonchev–Trinajstić information content (AvgIpc) is 2.75. The molecule has 2 aromatic carbocycles. The summed E-state index contributed by atoms with van der Waals surface area (Å²) in [5.41, 5.74) is 6.70. The summed E-state index contributed by atoms with van der Waals surface area (Å²) in [4.78, 5) is 27.6. The van der Waals surface area contributed by atoms with Gasteiger partial charge in [0.1, 0.15) is 12.2 Å². The van der Waals surface area contributed by atoms with Crippen molar-refractivity contribution in [2.24, 2.45) is 5.73 Å². The van der Waals surface area contributed by atoms with E-state index in [0.29, 0.717) is 29.9 Å². The Morgan fingerprint density at radius 2 is 1.52 bits per heavy atom. The number of benzene rings is 2. The third-order valence-electron chi connectivity index (χ3n) is 5.04. The van der Waals surface area contributed by atoms with Gasteiger partial charge in [0.2, 0.25) is 11.7 Å². The number of primary amides is 1. The summed E-state index contributed by atoms with van der Waals surface area (Å²) in [7, 11) is -4.15. The standard InChI is InChI=1S/C23H27N3O4S/c1-3-14-25(15-4-2)21-18-12-8-9-13-19(18)31(29,30)26(16-20(24)27)22(21)23(28)17-10-6-5-7-11-17/h5-13H,3-4,14-16H2,1-2H3,(H2,24,27). The lowest BCUT2D eigenvalue weighted by molar-refractivity contribution is -0.117. The van der Waals surface area contributed by atoms with Gasteiger partial charge in [-0.05, 0) is 18.9 Å². The van der Waals surface area contributed by atoms with Crippen molar-refractivity contribution >= 4 is 27.4 Å². The van der Waals surface area contributed by atoms with Crippen molar-refractivity contribution < 1.29 is 18.0 Å². The number of hydrogen-bond acceptors (Lipinski definition) is 5. The highest BCUT2D eigenvalue weighted by Gasteiger charge is 2.42. The predicted molar refractivity (Wildman–Crippen MR) is 119 cm³/mol. The summed E-state index contributed by atoms with van der Waals surface area (Å²) < 4.78 is 27.8. The van der Waals surface area contributed by atoms with E-state index in [0.717, 1.165) is 17.1 Å². The van der Waals surface area contributed by atoms with Crippen molar-refractivity contribution in [1.82, 2.24) is 9.21 Å². The second kappa shape index (κ2) is 9.34. The van der Waals surface area contributed by atoms with Gasteiger partial charge in [0.25, 0.3) is 10.0 Å². The second-order valence-electron chi connectivity index (χ2n) is 7.35. The third kappa shape index (κ3) is 4.34. The number of carbonyl (C=O) groups is 2. The minimum Gasteiger partial charge on any atom is -0.369 e. The van der Waals surface area contributed by atoms with Gasteiger partial charge in [-0.2, -0.15) is 0 Å². The van der Waals surface area contributed by atoms with Crippen molar-refractivity contribution in [3.05, 3.63) is 71.4 Å². The van der Waals surface area contributed by atoms with Gasteiger partial charge >= 0.3 is 0 Å². The van der Waals surface area contributed by atoms with Crippen LogP contribution in [0.2, 0.25) is 0 Å². The van der Waals surface area contributed by atoms with E-state index in [2.05, 4.69) is 0 Å². The first-order valence-corrected chi connectivity index (χ1v) is 11.8. The van der Waals surface area contributed by atoms with Crippen LogP contribution in [0.15, 0.2) is 65.2 Å². The van der Waals surface area contributed by atoms with Gasteiger partial charge in [-0.25, -0.2) is 8.42 Å². The maximum Gasteiger partial charge on any atom is 0.265 e. The number of sulfonamides is 1. The lowest BCUT2D eigenvalue weighted by Gasteiger charge is -2.38. The molecule has 0 aromatic heterocycles. The molecule has 164 valence electrons. The van der Waals surface area contributed by atoms with E-state index in [1.165, 1.54) is 6.07 Å². The van der Waals surface area contributed by atoms with Crippen LogP contribution in [0, 0.1) is 0 Å². The molecule has 2 aromatic rings. The maximum atomic E-state index is 13.7. The second-order valence-corrected chi connectivity index (χ2v) is 9.18. The van der Waals surface area contributed by atoms with E-state index in [9.17, 15) is 18.0 Å². The smallest absolute Gasteiger partial charge is 0.265 e. The fraction of sp³-hybridized carbons (Fsp3) is 0.304. The van der Waals surface area contributed by atoms with E-state index in [4.69, 9.17) is 5.73 Å². The van der Waals surface area contributed by atoms with Crippen molar-refractivity contribution in [2.75, 3.05) is 19.6 Å². The minimum atomic E-state index is -4.15. The molecular formula is C23H27N3O4S. The molecule has 0 spiro atoms. The van der Waals surface area contributed by atoms with Crippen LogP contribution < -0.4 is 5.73 Å². The molecule has 0 aliphatic carbocycles. The average molecular weight is 442 g/mol.